The molecule has 4 nitrogen and oxygen atoms in total. The maximum Gasteiger partial charge on any atom is 0.328 e. The van der Waals surface area contributed by atoms with Gasteiger partial charge in [-0.3, -0.25) is 9.59 Å². The summed E-state index contributed by atoms with van der Waals surface area (Å²) < 4.78 is 4.49. The molecular weight excluding hydrogens is 194 g/mol. The van der Waals surface area contributed by atoms with Crippen LogP contribution < -0.4 is 5.32 Å². The predicted molar refractivity (Wildman–Crippen MR) is 47.4 cm³/mol. The van der Waals surface area contributed by atoms with Crippen LogP contribution in [0.3, 0.4) is 0 Å². The van der Waals surface area contributed by atoms with Gasteiger partial charge < -0.3 is 10.1 Å². The van der Waals surface area contributed by atoms with Crippen molar-refractivity contribution in [2.75, 3.05) is 19.0 Å². The highest BCUT2D eigenvalue weighted by Crippen LogP contribution is 2.11. The van der Waals surface area contributed by atoms with E-state index in [9.17, 15) is 9.59 Å². The third kappa shape index (κ3) is 3.32. The van der Waals surface area contributed by atoms with Crippen molar-refractivity contribution in [2.45, 2.75) is 12.8 Å². The Balaban J connectivity index is 2.33. The molecule has 1 atom stereocenters. The third-order valence-corrected chi connectivity index (χ3v) is 2.17. The first kappa shape index (κ1) is 10.5. The molecule has 0 aromatic heterocycles. The molecule has 1 aliphatic rings. The Labute approximate surface area is 81.6 Å². The van der Waals surface area contributed by atoms with E-state index in [1.807, 2.05) is 0 Å². The highest BCUT2D eigenvalue weighted by molar-refractivity contribution is 6.27. The number of rotatable bonds is 2. The summed E-state index contributed by atoms with van der Waals surface area (Å²) in [5.41, 5.74) is 0. The molecule has 1 heterocycles. The zero-order chi connectivity index (χ0) is 9.68. The number of piperidine rings is 1. The molecule has 0 spiro atoms. The maximum atomic E-state index is 11.2. The van der Waals surface area contributed by atoms with Crippen molar-refractivity contribution in [1.29, 1.82) is 0 Å². The van der Waals surface area contributed by atoms with Crippen LogP contribution in [0.25, 0.3) is 0 Å². The van der Waals surface area contributed by atoms with Crippen molar-refractivity contribution < 1.29 is 14.3 Å². The molecule has 0 aliphatic carbocycles. The SMILES string of the molecule is O=C(CCl)OC(=O)C1CCCNC1. The van der Waals surface area contributed by atoms with Gasteiger partial charge in [0.05, 0.1) is 5.92 Å². The quantitative estimate of drug-likeness (QED) is 0.400. The van der Waals surface area contributed by atoms with Crippen LogP contribution in [0.2, 0.25) is 0 Å². The molecule has 1 saturated heterocycles. The number of ether oxygens (including phenoxy) is 1. The van der Waals surface area contributed by atoms with E-state index in [1.54, 1.807) is 0 Å². The van der Waals surface area contributed by atoms with Gasteiger partial charge in [-0.1, -0.05) is 0 Å². The maximum absolute atomic E-state index is 11.2. The van der Waals surface area contributed by atoms with E-state index in [1.165, 1.54) is 0 Å². The lowest BCUT2D eigenvalue weighted by molar-refractivity contribution is -0.161. The number of hydrogen-bond acceptors (Lipinski definition) is 4. The monoisotopic (exact) mass is 205 g/mol. The van der Waals surface area contributed by atoms with E-state index in [4.69, 9.17) is 11.6 Å². The minimum atomic E-state index is -0.669. The number of alkyl halides is 1. The molecule has 5 heteroatoms. The summed E-state index contributed by atoms with van der Waals surface area (Å²) in [6.45, 7) is 1.52. The minimum absolute atomic E-state index is 0.194. The van der Waals surface area contributed by atoms with E-state index in [-0.39, 0.29) is 11.8 Å². The van der Waals surface area contributed by atoms with E-state index >= 15 is 0 Å². The fourth-order valence-corrected chi connectivity index (χ4v) is 1.33. The molecule has 1 N–H and O–H groups in total. The van der Waals surface area contributed by atoms with Gasteiger partial charge in [-0.2, -0.15) is 0 Å². The first-order valence-electron chi connectivity index (χ1n) is 4.25. The average molecular weight is 206 g/mol. The number of carbonyl (C=O) groups is 2. The van der Waals surface area contributed by atoms with Crippen LogP contribution in [0.5, 0.6) is 0 Å². The summed E-state index contributed by atoms with van der Waals surface area (Å²) in [5, 5.41) is 3.06. The lowest BCUT2D eigenvalue weighted by atomic mass is 10.0. The van der Waals surface area contributed by atoms with E-state index < -0.39 is 11.9 Å². The summed E-state index contributed by atoms with van der Waals surface area (Å²) in [6, 6.07) is 0. The van der Waals surface area contributed by atoms with Gasteiger partial charge in [-0.05, 0) is 19.4 Å². The molecule has 1 unspecified atom stereocenters. The number of nitrogens with one attached hydrogen (secondary N) is 1. The smallest absolute Gasteiger partial charge is 0.328 e. The standard InChI is InChI=1S/C8H12ClNO3/c9-4-7(11)13-8(12)6-2-1-3-10-5-6/h6,10H,1-5H2. The average Bonchev–Trinajstić information content (AvgIpc) is 2.19. The van der Waals surface area contributed by atoms with Crippen LogP contribution in [-0.4, -0.2) is 30.9 Å². The Morgan fingerprint density at radius 3 is 2.85 bits per heavy atom. The predicted octanol–water partition coefficient (Wildman–Crippen LogP) is 0.295. The van der Waals surface area contributed by atoms with Gasteiger partial charge in [0.2, 0.25) is 0 Å². The van der Waals surface area contributed by atoms with Crippen molar-refractivity contribution in [3.8, 4) is 0 Å². The number of carbonyl (C=O) groups excluding carboxylic acids is 2. The third-order valence-electron chi connectivity index (χ3n) is 1.95. The Kier molecular flexibility index (Phi) is 4.18. The zero-order valence-corrected chi connectivity index (χ0v) is 7.97. The fourth-order valence-electron chi connectivity index (χ4n) is 1.28. The molecule has 0 amide bonds. The lowest BCUT2D eigenvalue weighted by Crippen LogP contribution is -2.36. The Bertz CT molecular complexity index is 202. The van der Waals surface area contributed by atoms with Gasteiger partial charge in [0.15, 0.2) is 0 Å². The number of halogens is 1. The zero-order valence-electron chi connectivity index (χ0n) is 7.22. The van der Waals surface area contributed by atoms with E-state index in [0.717, 1.165) is 19.4 Å². The minimum Gasteiger partial charge on any atom is -0.392 e. The summed E-state index contributed by atoms with van der Waals surface area (Å²) in [7, 11) is 0. The Morgan fingerprint density at radius 2 is 2.31 bits per heavy atom. The van der Waals surface area contributed by atoms with Crippen molar-refractivity contribution in [3.05, 3.63) is 0 Å². The highest BCUT2D eigenvalue weighted by atomic mass is 35.5. The number of hydrogen-bond donors (Lipinski definition) is 1. The van der Waals surface area contributed by atoms with Gasteiger partial charge in [0.1, 0.15) is 5.88 Å². The largest absolute Gasteiger partial charge is 0.392 e. The molecule has 74 valence electrons. The second-order valence-corrected chi connectivity index (χ2v) is 3.24. The molecule has 0 aromatic rings. The second kappa shape index (κ2) is 5.19. The molecule has 0 radical (unpaired) electrons. The fraction of sp³-hybridized carbons (Fsp3) is 0.750. The van der Waals surface area contributed by atoms with Crippen LogP contribution in [0.1, 0.15) is 12.8 Å². The first-order valence-corrected chi connectivity index (χ1v) is 4.78. The van der Waals surface area contributed by atoms with Gasteiger partial charge in [-0.25, -0.2) is 0 Å². The van der Waals surface area contributed by atoms with Crippen molar-refractivity contribution >= 4 is 23.5 Å². The molecular formula is C8H12ClNO3. The molecule has 1 fully saturated rings. The van der Waals surface area contributed by atoms with Gasteiger partial charge >= 0.3 is 11.9 Å². The summed E-state index contributed by atoms with van der Waals surface area (Å²) in [6.07, 6.45) is 1.72. The topological polar surface area (TPSA) is 55.4 Å². The molecule has 1 rings (SSSR count). The summed E-state index contributed by atoms with van der Waals surface area (Å²) in [4.78, 5) is 21.9. The molecule has 0 aromatic carbocycles. The van der Waals surface area contributed by atoms with Crippen LogP contribution in [-0.2, 0) is 14.3 Å². The van der Waals surface area contributed by atoms with E-state index in [2.05, 4.69) is 10.1 Å². The Morgan fingerprint density at radius 1 is 1.54 bits per heavy atom. The van der Waals surface area contributed by atoms with Gasteiger partial charge in [0.25, 0.3) is 0 Å². The molecule has 0 saturated carbocycles. The summed E-state index contributed by atoms with van der Waals surface area (Å²) >= 11 is 5.19. The highest BCUT2D eigenvalue weighted by Gasteiger charge is 2.23. The van der Waals surface area contributed by atoms with Crippen molar-refractivity contribution in [3.63, 3.8) is 0 Å². The molecule has 13 heavy (non-hydrogen) atoms. The van der Waals surface area contributed by atoms with Crippen molar-refractivity contribution in [2.24, 2.45) is 5.92 Å². The molecule has 0 bridgehead atoms. The van der Waals surface area contributed by atoms with Crippen LogP contribution in [0.4, 0.5) is 0 Å². The summed E-state index contributed by atoms with van der Waals surface area (Å²) in [5.74, 6) is -1.60. The number of esters is 2. The van der Waals surface area contributed by atoms with Crippen LogP contribution in [0.15, 0.2) is 0 Å². The van der Waals surface area contributed by atoms with Gasteiger partial charge in [-0.15, -0.1) is 11.6 Å². The normalized spacial score (nSPS) is 22.4. The van der Waals surface area contributed by atoms with Crippen LogP contribution >= 0.6 is 11.6 Å². The van der Waals surface area contributed by atoms with Crippen molar-refractivity contribution in [1.82, 2.24) is 5.32 Å². The van der Waals surface area contributed by atoms with E-state index in [0.29, 0.717) is 6.54 Å². The second-order valence-electron chi connectivity index (χ2n) is 2.97. The first-order chi connectivity index (χ1) is 6.24. The molecule has 1 aliphatic heterocycles. The van der Waals surface area contributed by atoms with Gasteiger partial charge in [0, 0.05) is 6.54 Å². The van der Waals surface area contributed by atoms with Crippen LogP contribution in [0, 0.1) is 5.92 Å². The lowest BCUT2D eigenvalue weighted by Gasteiger charge is -2.20. The Hall–Kier alpha value is -0.610.